The summed E-state index contributed by atoms with van der Waals surface area (Å²) in [7, 11) is 1.12. The molecule has 2 N–H and O–H groups in total. The number of alkyl halides is 1. The maximum Gasteiger partial charge on any atom is 0.345 e. The first-order valence-electron chi connectivity index (χ1n) is 8.30. The standard InChI is InChI=1S/C18H25FN2O4.ClH/c1-12(2)14-6-4-5-7-15(14)25-10-16(22)21-9-13(8-20)18(19,11-21)17(23)24-3;/h4-7,12-13H,8-11,20H2,1-3H3;1H/t13-,18-;/m1./s1. The van der Waals surface area contributed by atoms with Crippen molar-refractivity contribution in [3.63, 3.8) is 0 Å². The summed E-state index contributed by atoms with van der Waals surface area (Å²) < 4.78 is 25.1. The van der Waals surface area contributed by atoms with E-state index in [1.54, 1.807) is 6.07 Å². The molecule has 2 atom stereocenters. The first-order valence-corrected chi connectivity index (χ1v) is 8.30. The molecule has 1 saturated heterocycles. The number of nitrogens with two attached hydrogens (primary N) is 1. The number of nitrogens with zero attached hydrogens (tertiary/aromatic N) is 1. The second-order valence-corrected chi connectivity index (χ2v) is 6.54. The molecular formula is C18H26ClFN2O4. The predicted octanol–water partition coefficient (Wildman–Crippen LogP) is 1.91. The third kappa shape index (κ3) is 4.45. The minimum atomic E-state index is -2.27. The van der Waals surface area contributed by atoms with E-state index in [0.717, 1.165) is 12.7 Å². The molecule has 0 bridgehead atoms. The quantitative estimate of drug-likeness (QED) is 0.753. The van der Waals surface area contributed by atoms with Crippen LogP contribution in [-0.2, 0) is 14.3 Å². The van der Waals surface area contributed by atoms with Gasteiger partial charge in [-0.25, -0.2) is 9.18 Å². The van der Waals surface area contributed by atoms with Crippen LogP contribution in [0.3, 0.4) is 0 Å². The Hall–Kier alpha value is -1.86. The van der Waals surface area contributed by atoms with Crippen LogP contribution >= 0.6 is 12.4 Å². The highest BCUT2D eigenvalue weighted by Gasteiger charge is 2.54. The molecule has 0 spiro atoms. The number of halogens is 2. The number of likely N-dealkylation sites (tertiary alicyclic amines) is 1. The molecule has 0 aromatic heterocycles. The number of carbonyl (C=O) groups excluding carboxylic acids is 2. The van der Waals surface area contributed by atoms with E-state index in [-0.39, 0.29) is 50.5 Å². The van der Waals surface area contributed by atoms with Gasteiger partial charge in [0, 0.05) is 19.0 Å². The topological polar surface area (TPSA) is 81.9 Å². The number of benzene rings is 1. The van der Waals surface area contributed by atoms with Crippen molar-refractivity contribution in [1.82, 2.24) is 4.90 Å². The third-order valence-electron chi connectivity index (χ3n) is 4.56. The lowest BCUT2D eigenvalue weighted by Gasteiger charge is -2.21. The highest BCUT2D eigenvalue weighted by atomic mass is 35.5. The zero-order chi connectivity index (χ0) is 18.6. The fraction of sp³-hybridized carbons (Fsp3) is 0.556. The Morgan fingerprint density at radius 2 is 2.04 bits per heavy atom. The summed E-state index contributed by atoms with van der Waals surface area (Å²) >= 11 is 0. The Kier molecular flexibility index (Phi) is 7.84. The maximum absolute atomic E-state index is 14.9. The number of carbonyl (C=O) groups is 2. The van der Waals surface area contributed by atoms with Crippen molar-refractivity contribution >= 4 is 24.3 Å². The lowest BCUT2D eigenvalue weighted by atomic mass is 9.93. The van der Waals surface area contributed by atoms with E-state index >= 15 is 0 Å². The molecule has 2 rings (SSSR count). The average molecular weight is 389 g/mol. The van der Waals surface area contributed by atoms with Gasteiger partial charge in [-0.05, 0) is 17.5 Å². The molecular weight excluding hydrogens is 363 g/mol. The van der Waals surface area contributed by atoms with Gasteiger partial charge in [0.2, 0.25) is 5.67 Å². The lowest BCUT2D eigenvalue weighted by molar-refractivity contribution is -0.156. The highest BCUT2D eigenvalue weighted by molar-refractivity contribution is 5.85. The molecule has 6 nitrogen and oxygen atoms in total. The predicted molar refractivity (Wildman–Crippen MR) is 98.3 cm³/mol. The van der Waals surface area contributed by atoms with Crippen molar-refractivity contribution in [3.05, 3.63) is 29.8 Å². The normalized spacial score (nSPS) is 22.1. The summed E-state index contributed by atoms with van der Waals surface area (Å²) in [4.78, 5) is 25.4. The molecule has 0 saturated carbocycles. The summed E-state index contributed by atoms with van der Waals surface area (Å²) in [6.07, 6.45) is 0. The second kappa shape index (κ2) is 9.19. The molecule has 1 amide bonds. The van der Waals surface area contributed by atoms with Gasteiger partial charge in [-0.2, -0.15) is 0 Å². The van der Waals surface area contributed by atoms with E-state index in [9.17, 15) is 14.0 Å². The van der Waals surface area contributed by atoms with E-state index in [2.05, 4.69) is 4.74 Å². The minimum absolute atomic E-state index is 0. The Balaban J connectivity index is 0.00000338. The van der Waals surface area contributed by atoms with Crippen LogP contribution in [0.1, 0.15) is 25.3 Å². The number of ether oxygens (including phenoxy) is 2. The van der Waals surface area contributed by atoms with Gasteiger partial charge in [-0.1, -0.05) is 32.0 Å². The van der Waals surface area contributed by atoms with Gasteiger partial charge in [-0.3, -0.25) is 4.79 Å². The van der Waals surface area contributed by atoms with Gasteiger partial charge in [0.1, 0.15) is 5.75 Å². The number of rotatable bonds is 6. The van der Waals surface area contributed by atoms with Crippen LogP contribution in [0.15, 0.2) is 24.3 Å². The molecule has 0 unspecified atom stereocenters. The van der Waals surface area contributed by atoms with E-state index in [4.69, 9.17) is 10.5 Å². The second-order valence-electron chi connectivity index (χ2n) is 6.54. The van der Waals surface area contributed by atoms with Crippen LogP contribution < -0.4 is 10.5 Å². The van der Waals surface area contributed by atoms with Crippen LogP contribution in [0.2, 0.25) is 0 Å². The Bertz CT molecular complexity index is 643. The number of methoxy groups -OCH3 is 1. The number of para-hydroxylation sites is 1. The first-order chi connectivity index (χ1) is 11.8. The maximum atomic E-state index is 14.9. The van der Waals surface area contributed by atoms with Crippen LogP contribution in [0.5, 0.6) is 5.75 Å². The fourth-order valence-corrected chi connectivity index (χ4v) is 3.05. The highest BCUT2D eigenvalue weighted by Crippen LogP contribution is 2.32. The molecule has 8 heteroatoms. The average Bonchev–Trinajstić information content (AvgIpc) is 2.97. The fourth-order valence-electron chi connectivity index (χ4n) is 3.05. The number of hydrogen-bond donors (Lipinski definition) is 1. The van der Waals surface area contributed by atoms with Crippen molar-refractivity contribution in [2.75, 3.05) is 33.4 Å². The Labute approximate surface area is 159 Å². The Morgan fingerprint density at radius 1 is 1.38 bits per heavy atom. The van der Waals surface area contributed by atoms with Crippen molar-refractivity contribution in [2.45, 2.75) is 25.4 Å². The molecule has 1 aliphatic rings. The summed E-state index contributed by atoms with van der Waals surface area (Å²) in [5.74, 6) is -1.30. The van der Waals surface area contributed by atoms with E-state index in [0.29, 0.717) is 5.75 Å². The third-order valence-corrected chi connectivity index (χ3v) is 4.56. The molecule has 1 fully saturated rings. The number of esters is 1. The van der Waals surface area contributed by atoms with Crippen molar-refractivity contribution in [3.8, 4) is 5.75 Å². The van der Waals surface area contributed by atoms with Gasteiger partial charge in [-0.15, -0.1) is 12.4 Å². The monoisotopic (exact) mass is 388 g/mol. The van der Waals surface area contributed by atoms with Crippen LogP contribution in [0.4, 0.5) is 4.39 Å². The lowest BCUT2D eigenvalue weighted by Crippen LogP contribution is -2.46. The van der Waals surface area contributed by atoms with Gasteiger partial charge in [0.05, 0.1) is 13.7 Å². The molecule has 1 heterocycles. The smallest absolute Gasteiger partial charge is 0.345 e. The zero-order valence-corrected chi connectivity index (χ0v) is 16.1. The summed E-state index contributed by atoms with van der Waals surface area (Å²) in [5, 5.41) is 0. The summed E-state index contributed by atoms with van der Waals surface area (Å²) in [6.45, 7) is 3.49. The Morgan fingerprint density at radius 3 is 2.62 bits per heavy atom. The SMILES string of the molecule is COC(=O)[C@@]1(F)CN(C(=O)COc2ccccc2C(C)C)C[C@H]1CN.Cl. The van der Waals surface area contributed by atoms with Gasteiger partial charge in [0.15, 0.2) is 6.61 Å². The summed E-state index contributed by atoms with van der Waals surface area (Å²) in [6, 6.07) is 7.47. The van der Waals surface area contributed by atoms with Crippen molar-refractivity contribution in [2.24, 2.45) is 11.7 Å². The van der Waals surface area contributed by atoms with Crippen LogP contribution in [0, 0.1) is 5.92 Å². The summed E-state index contributed by atoms with van der Waals surface area (Å²) in [5.41, 5.74) is 4.29. The van der Waals surface area contributed by atoms with Gasteiger partial charge < -0.3 is 20.1 Å². The van der Waals surface area contributed by atoms with Gasteiger partial charge >= 0.3 is 5.97 Å². The van der Waals surface area contributed by atoms with E-state index in [1.165, 1.54) is 4.90 Å². The van der Waals surface area contributed by atoms with Crippen LogP contribution in [0.25, 0.3) is 0 Å². The number of amides is 1. The largest absolute Gasteiger partial charge is 0.483 e. The van der Waals surface area contributed by atoms with Crippen molar-refractivity contribution < 1.29 is 23.5 Å². The van der Waals surface area contributed by atoms with E-state index in [1.807, 2.05) is 32.0 Å². The van der Waals surface area contributed by atoms with E-state index < -0.39 is 17.6 Å². The molecule has 1 aromatic rings. The van der Waals surface area contributed by atoms with Crippen molar-refractivity contribution in [1.29, 1.82) is 0 Å². The first kappa shape index (κ1) is 22.2. The molecule has 0 aliphatic carbocycles. The number of hydrogen-bond acceptors (Lipinski definition) is 5. The molecule has 1 aliphatic heterocycles. The van der Waals surface area contributed by atoms with Gasteiger partial charge in [0.25, 0.3) is 5.91 Å². The molecule has 26 heavy (non-hydrogen) atoms. The minimum Gasteiger partial charge on any atom is -0.483 e. The zero-order valence-electron chi connectivity index (χ0n) is 15.2. The molecule has 1 aromatic carbocycles. The molecule has 0 radical (unpaired) electrons. The molecule has 146 valence electrons. The van der Waals surface area contributed by atoms with Crippen LogP contribution in [-0.4, -0.2) is 55.8 Å².